The van der Waals surface area contributed by atoms with Crippen LogP contribution in [0.3, 0.4) is 0 Å². The van der Waals surface area contributed by atoms with Gasteiger partial charge < -0.3 is 5.73 Å². The predicted molar refractivity (Wildman–Crippen MR) is 168 cm³/mol. The summed E-state index contributed by atoms with van der Waals surface area (Å²) >= 11 is 0. The zero-order chi connectivity index (χ0) is 29.6. The summed E-state index contributed by atoms with van der Waals surface area (Å²) in [6.07, 6.45) is 15.9. The van der Waals surface area contributed by atoms with Crippen molar-refractivity contribution in [1.29, 1.82) is 5.26 Å². The van der Waals surface area contributed by atoms with E-state index in [4.69, 9.17) is 5.73 Å². The number of nitriles is 1. The third-order valence-corrected chi connectivity index (χ3v) is 8.41. The molecular formula is C37H45FN2O. The van der Waals surface area contributed by atoms with Crippen molar-refractivity contribution in [1.82, 2.24) is 0 Å². The number of aryl methyl sites for hydroxylation is 1. The van der Waals surface area contributed by atoms with Crippen molar-refractivity contribution in [2.45, 2.75) is 84.0 Å². The van der Waals surface area contributed by atoms with Gasteiger partial charge in [0.15, 0.2) is 5.78 Å². The number of nitrogens with zero attached hydrogens (tertiary/aromatic N) is 1. The van der Waals surface area contributed by atoms with E-state index in [-0.39, 0.29) is 11.6 Å². The number of hydrogen-bond acceptors (Lipinski definition) is 3. The molecule has 0 aliphatic heterocycles. The molecule has 1 aliphatic carbocycles. The van der Waals surface area contributed by atoms with Gasteiger partial charge in [-0.2, -0.15) is 5.26 Å². The monoisotopic (exact) mass is 552 g/mol. The number of benzene rings is 2. The highest BCUT2D eigenvalue weighted by molar-refractivity contribution is 6.00. The normalized spacial score (nSPS) is 17.9. The van der Waals surface area contributed by atoms with E-state index < -0.39 is 0 Å². The smallest absolute Gasteiger partial charge is 0.164 e. The zero-order valence-electron chi connectivity index (χ0n) is 24.6. The predicted octanol–water partition coefficient (Wildman–Crippen LogP) is 9.40. The van der Waals surface area contributed by atoms with Crippen molar-refractivity contribution in [2.75, 3.05) is 0 Å². The molecule has 2 aromatic rings. The molecule has 3 rings (SSSR count). The Bertz CT molecular complexity index is 1310. The fraction of sp³-hybridized carbons (Fsp3) is 0.405. The molecular weight excluding hydrogens is 507 g/mol. The minimum Gasteiger partial charge on any atom is -0.398 e. The molecule has 0 radical (unpaired) electrons. The third-order valence-electron chi connectivity index (χ3n) is 8.41. The number of hydrogen-bond donors (Lipinski definition) is 1. The average molecular weight is 553 g/mol. The number of halogens is 1. The Labute approximate surface area is 246 Å². The Morgan fingerprint density at radius 1 is 1.02 bits per heavy atom. The number of nitrogens with two attached hydrogens (primary N) is 1. The molecule has 2 unspecified atom stereocenters. The summed E-state index contributed by atoms with van der Waals surface area (Å²) < 4.78 is 13.7. The van der Waals surface area contributed by atoms with Gasteiger partial charge in [-0.1, -0.05) is 108 Å². The lowest BCUT2D eigenvalue weighted by atomic mass is 9.80. The second-order valence-corrected chi connectivity index (χ2v) is 11.3. The van der Waals surface area contributed by atoms with Crippen molar-refractivity contribution < 1.29 is 9.18 Å². The number of ketones is 1. The number of Topliss-reactive ketones (excluding diaryl/α,β-unsaturated/α-hetero) is 1. The first-order valence-electron chi connectivity index (χ1n) is 15.2. The summed E-state index contributed by atoms with van der Waals surface area (Å²) in [6.45, 7) is 10.6. The molecule has 0 saturated heterocycles. The molecule has 4 heteroatoms. The molecule has 2 atom stereocenters. The molecule has 0 bridgehead atoms. The van der Waals surface area contributed by atoms with E-state index in [1.165, 1.54) is 63.5 Å². The Morgan fingerprint density at radius 2 is 1.76 bits per heavy atom. The van der Waals surface area contributed by atoms with Gasteiger partial charge in [-0.3, -0.25) is 4.79 Å². The van der Waals surface area contributed by atoms with Gasteiger partial charge in [0.2, 0.25) is 0 Å². The lowest BCUT2D eigenvalue weighted by Crippen LogP contribution is -2.17. The average Bonchev–Trinajstić information content (AvgIpc) is 3.22. The summed E-state index contributed by atoms with van der Waals surface area (Å²) in [7, 11) is 0. The van der Waals surface area contributed by atoms with Crippen molar-refractivity contribution in [3.63, 3.8) is 0 Å². The number of carbonyl (C=O) groups excluding carboxylic acids is 1. The number of rotatable bonds is 14. The summed E-state index contributed by atoms with van der Waals surface area (Å²) in [5.41, 5.74) is 10.8. The largest absolute Gasteiger partial charge is 0.398 e. The first-order chi connectivity index (χ1) is 19.8. The van der Waals surface area contributed by atoms with Crippen LogP contribution in [-0.4, -0.2) is 5.78 Å². The Hall–Kier alpha value is -3.71. The maximum absolute atomic E-state index is 13.8. The van der Waals surface area contributed by atoms with Gasteiger partial charge >= 0.3 is 0 Å². The molecule has 216 valence electrons. The van der Waals surface area contributed by atoms with Crippen LogP contribution in [0.25, 0.3) is 5.57 Å². The Kier molecular flexibility index (Phi) is 12.8. The van der Waals surface area contributed by atoms with E-state index in [1.54, 1.807) is 24.3 Å². The van der Waals surface area contributed by atoms with Gasteiger partial charge in [0.05, 0.1) is 11.6 Å². The van der Waals surface area contributed by atoms with Crippen molar-refractivity contribution >= 4 is 11.4 Å². The molecule has 1 aliphatic rings. The lowest BCUT2D eigenvalue weighted by molar-refractivity contribution is -0.115. The maximum Gasteiger partial charge on any atom is 0.164 e. The van der Waals surface area contributed by atoms with Crippen LogP contribution in [0.1, 0.15) is 94.2 Å². The van der Waals surface area contributed by atoms with E-state index >= 15 is 0 Å². The Balaban J connectivity index is 1.82. The van der Waals surface area contributed by atoms with Gasteiger partial charge in [0.25, 0.3) is 0 Å². The van der Waals surface area contributed by atoms with Gasteiger partial charge in [-0.25, -0.2) is 4.39 Å². The molecule has 0 amide bonds. The first kappa shape index (κ1) is 31.8. The van der Waals surface area contributed by atoms with Crippen LogP contribution in [0.15, 0.2) is 90.7 Å². The molecule has 2 N–H and O–H groups in total. The van der Waals surface area contributed by atoms with Crippen LogP contribution in [0.5, 0.6) is 0 Å². The highest BCUT2D eigenvalue weighted by Gasteiger charge is 2.25. The summed E-state index contributed by atoms with van der Waals surface area (Å²) in [6, 6.07) is 16.0. The van der Waals surface area contributed by atoms with Crippen LogP contribution in [0.4, 0.5) is 4.39 Å². The molecule has 2 aromatic carbocycles. The Morgan fingerprint density at radius 3 is 2.46 bits per heavy atom. The highest BCUT2D eigenvalue weighted by Crippen LogP contribution is 2.36. The van der Waals surface area contributed by atoms with Gasteiger partial charge in [0.1, 0.15) is 5.82 Å². The SMILES string of the molecule is C=C(CCc1cccc(F)c1)/C(N)=C(/C=C\C(=C)c1ccccc1C#N)C(=O)CCC1CCCCCC1CCCC. The lowest BCUT2D eigenvalue weighted by Gasteiger charge is -2.25. The maximum atomic E-state index is 13.8. The second-order valence-electron chi connectivity index (χ2n) is 11.3. The second kappa shape index (κ2) is 16.5. The number of carbonyl (C=O) groups is 1. The molecule has 0 heterocycles. The van der Waals surface area contributed by atoms with Crippen LogP contribution < -0.4 is 5.73 Å². The van der Waals surface area contributed by atoms with Crippen LogP contribution in [-0.2, 0) is 11.2 Å². The molecule has 3 nitrogen and oxygen atoms in total. The number of unbranched alkanes of at least 4 members (excludes halogenated alkanes) is 1. The van der Waals surface area contributed by atoms with E-state index in [0.717, 1.165) is 17.5 Å². The van der Waals surface area contributed by atoms with Gasteiger partial charge in [0, 0.05) is 17.7 Å². The quantitative estimate of drug-likeness (QED) is 0.144. The van der Waals surface area contributed by atoms with E-state index in [9.17, 15) is 14.4 Å². The van der Waals surface area contributed by atoms with Gasteiger partial charge in [-0.05, 0) is 77.6 Å². The molecule has 0 aromatic heterocycles. The fourth-order valence-corrected chi connectivity index (χ4v) is 5.92. The molecule has 1 saturated carbocycles. The first-order valence-corrected chi connectivity index (χ1v) is 15.2. The van der Waals surface area contributed by atoms with Crippen molar-refractivity contribution in [3.8, 4) is 6.07 Å². The highest BCUT2D eigenvalue weighted by atomic mass is 19.1. The summed E-state index contributed by atoms with van der Waals surface area (Å²) in [4.78, 5) is 13.8. The van der Waals surface area contributed by atoms with Crippen molar-refractivity contribution in [2.24, 2.45) is 17.6 Å². The topological polar surface area (TPSA) is 66.9 Å². The van der Waals surface area contributed by atoms with Crippen LogP contribution >= 0.6 is 0 Å². The van der Waals surface area contributed by atoms with Gasteiger partial charge in [-0.15, -0.1) is 0 Å². The minimum atomic E-state index is -0.276. The minimum absolute atomic E-state index is 0.00510. The summed E-state index contributed by atoms with van der Waals surface area (Å²) in [5, 5.41) is 9.52. The molecule has 1 fully saturated rings. The summed E-state index contributed by atoms with van der Waals surface area (Å²) in [5.74, 6) is 0.982. The zero-order valence-corrected chi connectivity index (χ0v) is 24.6. The number of allylic oxidation sites excluding steroid dienone is 5. The van der Waals surface area contributed by atoms with E-state index in [1.807, 2.05) is 24.3 Å². The van der Waals surface area contributed by atoms with E-state index in [0.29, 0.717) is 59.1 Å². The van der Waals surface area contributed by atoms with E-state index in [2.05, 4.69) is 26.2 Å². The molecule has 0 spiro atoms. The third kappa shape index (κ3) is 9.71. The van der Waals surface area contributed by atoms with Crippen molar-refractivity contribution in [3.05, 3.63) is 113 Å². The molecule has 41 heavy (non-hydrogen) atoms. The fourth-order valence-electron chi connectivity index (χ4n) is 5.92. The van der Waals surface area contributed by atoms with Crippen LogP contribution in [0, 0.1) is 29.0 Å². The standard InChI is InChI=1S/C37H45FN2O/c1-4-5-13-30-14-7-6-8-15-31(30)22-24-36(41)35(23-20-27(2)34-18-10-9-16-32(34)26-39)37(40)28(3)19-21-29-12-11-17-33(38)25-29/h9-12,16-18,20,23,25,30-31H,2-8,13-15,19,21-22,24,40H2,1H3/b23-20-,37-35+. The van der Waals surface area contributed by atoms with Crippen LogP contribution in [0.2, 0.25) is 0 Å².